The van der Waals surface area contributed by atoms with Crippen molar-refractivity contribution in [3.05, 3.63) is 176 Å². The molecule has 1 aliphatic rings. The van der Waals surface area contributed by atoms with Crippen LogP contribution in [0.4, 0.5) is 0 Å². The highest BCUT2D eigenvalue weighted by atomic mass is 32.1. The van der Waals surface area contributed by atoms with Crippen molar-refractivity contribution < 1.29 is 0 Å². The van der Waals surface area contributed by atoms with Crippen molar-refractivity contribution in [2.24, 2.45) is 0 Å². The van der Waals surface area contributed by atoms with Crippen LogP contribution in [0, 0.1) is 0 Å². The van der Waals surface area contributed by atoms with Crippen molar-refractivity contribution in [1.82, 2.24) is 9.97 Å². The molecular formula is C50H32N2S. The summed E-state index contributed by atoms with van der Waals surface area (Å²) >= 11 is 1.86. The van der Waals surface area contributed by atoms with Crippen molar-refractivity contribution in [2.75, 3.05) is 0 Å². The Morgan fingerprint density at radius 1 is 0.453 bits per heavy atom. The van der Waals surface area contributed by atoms with Gasteiger partial charge < -0.3 is 0 Å². The van der Waals surface area contributed by atoms with Gasteiger partial charge in [-0.1, -0.05) is 140 Å². The number of nitrogens with zero attached hydrogens (tertiary/aromatic N) is 2. The van der Waals surface area contributed by atoms with Gasteiger partial charge in [0.15, 0.2) is 5.82 Å². The van der Waals surface area contributed by atoms with E-state index in [0.29, 0.717) is 0 Å². The van der Waals surface area contributed by atoms with Crippen molar-refractivity contribution in [3.8, 4) is 33.5 Å². The summed E-state index contributed by atoms with van der Waals surface area (Å²) in [7, 11) is 0. The zero-order valence-corrected chi connectivity index (χ0v) is 29.7. The Hall–Kier alpha value is -6.42. The molecule has 0 aliphatic heterocycles. The predicted octanol–water partition coefficient (Wildman–Crippen LogP) is 14.2. The summed E-state index contributed by atoms with van der Waals surface area (Å²) in [4.78, 5) is 10.5. The van der Waals surface area contributed by atoms with Gasteiger partial charge >= 0.3 is 0 Å². The monoisotopic (exact) mass is 692 g/mol. The molecule has 10 aromatic rings. The highest BCUT2D eigenvalue weighted by Gasteiger charge is 2.19. The van der Waals surface area contributed by atoms with Crippen molar-refractivity contribution >= 4 is 80.3 Å². The van der Waals surface area contributed by atoms with E-state index >= 15 is 0 Å². The summed E-state index contributed by atoms with van der Waals surface area (Å²) < 4.78 is 2.55. The molecule has 1 aliphatic carbocycles. The molecule has 2 aromatic heterocycles. The van der Waals surface area contributed by atoms with E-state index in [1.54, 1.807) is 0 Å². The van der Waals surface area contributed by atoms with Crippen LogP contribution >= 0.6 is 11.3 Å². The van der Waals surface area contributed by atoms with Crippen LogP contribution in [0.5, 0.6) is 0 Å². The van der Waals surface area contributed by atoms with E-state index in [2.05, 4.69) is 170 Å². The second-order valence-electron chi connectivity index (χ2n) is 14.0. The van der Waals surface area contributed by atoms with E-state index < -0.39 is 0 Å². The summed E-state index contributed by atoms with van der Waals surface area (Å²) in [5, 5.41) is 11.4. The third kappa shape index (κ3) is 4.92. The molecule has 53 heavy (non-hydrogen) atoms. The lowest BCUT2D eigenvalue weighted by Gasteiger charge is -2.15. The molecule has 0 saturated carbocycles. The maximum Gasteiger partial charge on any atom is 0.156 e. The molecule has 8 aromatic carbocycles. The fourth-order valence-electron chi connectivity index (χ4n) is 8.36. The number of fused-ring (bicyclic) bond motifs is 10. The number of benzene rings is 8. The van der Waals surface area contributed by atoms with E-state index in [0.717, 1.165) is 40.8 Å². The van der Waals surface area contributed by atoms with Crippen molar-refractivity contribution in [2.45, 2.75) is 12.8 Å². The second kappa shape index (κ2) is 12.1. The normalized spacial score (nSPS) is 13.2. The lowest BCUT2D eigenvalue weighted by molar-refractivity contribution is 1.02. The first-order valence-electron chi connectivity index (χ1n) is 18.3. The largest absolute Gasteiger partial charge is 0.228 e. The molecule has 0 saturated heterocycles. The Morgan fingerprint density at radius 2 is 1.06 bits per heavy atom. The molecule has 0 spiro atoms. The van der Waals surface area contributed by atoms with Crippen LogP contribution in [0.1, 0.15) is 18.7 Å². The van der Waals surface area contributed by atoms with Crippen LogP contribution in [0.15, 0.2) is 170 Å². The number of aromatic nitrogens is 2. The van der Waals surface area contributed by atoms with Gasteiger partial charge in [0, 0.05) is 31.1 Å². The molecule has 0 atom stereocenters. The minimum Gasteiger partial charge on any atom is -0.228 e. The minimum absolute atomic E-state index is 0.821. The Kier molecular flexibility index (Phi) is 6.89. The first kappa shape index (κ1) is 30.2. The molecule has 248 valence electrons. The number of rotatable bonds is 4. The molecule has 0 N–H and O–H groups in total. The molecule has 0 fully saturated rings. The lowest BCUT2D eigenvalue weighted by Crippen LogP contribution is -2.00. The maximum atomic E-state index is 5.38. The maximum absolute atomic E-state index is 5.38. The summed E-state index contributed by atoms with van der Waals surface area (Å²) in [6.07, 6.45) is 8.47. The van der Waals surface area contributed by atoms with E-state index in [-0.39, 0.29) is 0 Å². The molecule has 2 heterocycles. The van der Waals surface area contributed by atoms with Gasteiger partial charge in [0.25, 0.3) is 0 Å². The lowest BCUT2D eigenvalue weighted by atomic mass is 9.91. The van der Waals surface area contributed by atoms with Crippen LogP contribution in [0.3, 0.4) is 0 Å². The van der Waals surface area contributed by atoms with E-state index in [9.17, 15) is 0 Å². The molecule has 0 amide bonds. The third-order valence-electron chi connectivity index (χ3n) is 10.9. The molecule has 0 bridgehead atoms. The Morgan fingerprint density at radius 3 is 1.77 bits per heavy atom. The first-order valence-corrected chi connectivity index (χ1v) is 19.1. The summed E-state index contributed by atoms with van der Waals surface area (Å²) in [5.41, 5.74) is 9.10. The average molecular weight is 693 g/mol. The fraction of sp³-hybridized carbons (Fsp3) is 0.0400. The van der Waals surface area contributed by atoms with Crippen LogP contribution < -0.4 is 0 Å². The number of thiophene rings is 1. The topological polar surface area (TPSA) is 25.8 Å². The number of hydrogen-bond acceptors (Lipinski definition) is 3. The number of allylic oxidation sites excluding steroid dienone is 4. The molecule has 3 heteroatoms. The molecule has 2 nitrogen and oxygen atoms in total. The number of hydrogen-bond donors (Lipinski definition) is 0. The van der Waals surface area contributed by atoms with Crippen molar-refractivity contribution in [1.29, 1.82) is 0 Å². The Balaban J connectivity index is 1.08. The van der Waals surface area contributed by atoms with Gasteiger partial charge in [-0.2, -0.15) is 0 Å². The molecular weight excluding hydrogens is 661 g/mol. The smallest absolute Gasteiger partial charge is 0.156 e. The summed E-state index contributed by atoms with van der Waals surface area (Å²) in [6, 6.07) is 55.5. The van der Waals surface area contributed by atoms with Gasteiger partial charge in [-0.05, 0) is 103 Å². The quantitative estimate of drug-likeness (QED) is 0.172. The second-order valence-corrected chi connectivity index (χ2v) is 15.1. The van der Waals surface area contributed by atoms with Gasteiger partial charge in [-0.15, -0.1) is 11.3 Å². The number of para-hydroxylation sites is 1. The van der Waals surface area contributed by atoms with E-state index in [1.165, 1.54) is 80.3 Å². The van der Waals surface area contributed by atoms with Gasteiger partial charge in [-0.25, -0.2) is 9.97 Å². The predicted molar refractivity (Wildman–Crippen MR) is 228 cm³/mol. The standard InChI is InChI=1S/C50H32N2S/c1-2-12-33(13-3-1)50-51-45-20-10-8-18-41(45)49(52-50)44-29-35(30-47-48(44)42-19-9-11-21-46(42)53-47)32-24-22-31(23-25-32)34-26-27-40-38-16-5-4-14-36(38)37-15-6-7-17-39(37)43(40)28-34/h1-2,4-12,14-30H,3,13H2. The zero-order chi connectivity index (χ0) is 34.9. The SMILES string of the molecule is C1=CCCC(c2nc(-c3cc(-c4ccc(-c5ccc6c7ccccc7c7ccccc7c6c5)cc4)cc4sc5ccccc5c34)c3ccccc3n2)=C1. The highest BCUT2D eigenvalue weighted by molar-refractivity contribution is 7.26. The van der Waals surface area contributed by atoms with Gasteiger partial charge in [-0.3, -0.25) is 0 Å². The highest BCUT2D eigenvalue weighted by Crippen LogP contribution is 2.44. The summed E-state index contributed by atoms with van der Waals surface area (Å²) in [5.74, 6) is 0.821. The first-order chi connectivity index (χ1) is 26.3. The Bertz CT molecular complexity index is 3130. The van der Waals surface area contributed by atoms with Crippen LogP contribution in [0.2, 0.25) is 0 Å². The van der Waals surface area contributed by atoms with Crippen LogP contribution in [-0.2, 0) is 0 Å². The van der Waals surface area contributed by atoms with Gasteiger partial charge in [0.05, 0.1) is 11.2 Å². The molecule has 0 unspecified atom stereocenters. The van der Waals surface area contributed by atoms with Crippen molar-refractivity contribution in [3.63, 3.8) is 0 Å². The average Bonchev–Trinajstić information content (AvgIpc) is 3.62. The van der Waals surface area contributed by atoms with Crippen LogP contribution in [0.25, 0.3) is 102 Å². The van der Waals surface area contributed by atoms with E-state index in [1.807, 2.05) is 11.3 Å². The Labute approximate surface area is 311 Å². The molecule has 0 radical (unpaired) electrons. The summed E-state index contributed by atoms with van der Waals surface area (Å²) in [6.45, 7) is 0. The van der Waals surface area contributed by atoms with Crippen LogP contribution in [-0.4, -0.2) is 9.97 Å². The third-order valence-corrected chi connectivity index (χ3v) is 12.1. The van der Waals surface area contributed by atoms with Gasteiger partial charge in [0.1, 0.15) is 0 Å². The molecule has 11 rings (SSSR count). The van der Waals surface area contributed by atoms with Gasteiger partial charge in [0.2, 0.25) is 0 Å². The fourth-order valence-corrected chi connectivity index (χ4v) is 9.54. The minimum atomic E-state index is 0.821. The zero-order valence-electron chi connectivity index (χ0n) is 28.9. The van der Waals surface area contributed by atoms with E-state index in [4.69, 9.17) is 9.97 Å².